The topological polar surface area (TPSA) is 75.6 Å². The van der Waals surface area contributed by atoms with Crippen molar-refractivity contribution >= 4 is 35.3 Å². The van der Waals surface area contributed by atoms with Crippen molar-refractivity contribution in [1.82, 2.24) is 5.32 Å². The third kappa shape index (κ3) is 5.11. The van der Waals surface area contributed by atoms with Crippen molar-refractivity contribution in [3.63, 3.8) is 0 Å². The first-order valence-corrected chi connectivity index (χ1v) is 6.40. The molecule has 0 saturated carbocycles. The standard InChI is InChI=1S/C13H13Cl2NO4/c1-2-5-20-13(19)16-11(12(17)18)7-8-6-9(14)3-4-10(8)15/h2-4,6,11H,1,5,7H2,(H,16,19)(H,17,18)/t11-/m0/s1. The highest BCUT2D eigenvalue weighted by molar-refractivity contribution is 6.33. The molecule has 1 amide bonds. The van der Waals surface area contributed by atoms with Crippen LogP contribution in [0.4, 0.5) is 4.79 Å². The number of carbonyl (C=O) groups excluding carboxylic acids is 1. The number of benzene rings is 1. The molecule has 108 valence electrons. The SMILES string of the molecule is C=CCOC(=O)N[C@@H](Cc1cc(Cl)ccc1Cl)C(=O)O. The highest BCUT2D eigenvalue weighted by Crippen LogP contribution is 2.22. The van der Waals surface area contributed by atoms with Crippen molar-refractivity contribution in [1.29, 1.82) is 0 Å². The van der Waals surface area contributed by atoms with Crippen LogP contribution in [-0.2, 0) is 16.0 Å². The molecule has 0 aliphatic rings. The number of aliphatic carboxylic acids is 1. The monoisotopic (exact) mass is 317 g/mol. The lowest BCUT2D eigenvalue weighted by Gasteiger charge is -2.15. The molecule has 0 spiro atoms. The Bertz CT molecular complexity index is 519. The van der Waals surface area contributed by atoms with E-state index in [0.717, 1.165) is 0 Å². The number of halogens is 2. The van der Waals surface area contributed by atoms with Gasteiger partial charge in [0.1, 0.15) is 12.6 Å². The van der Waals surface area contributed by atoms with E-state index >= 15 is 0 Å². The molecule has 20 heavy (non-hydrogen) atoms. The number of hydrogen-bond donors (Lipinski definition) is 2. The molecule has 0 saturated heterocycles. The molecule has 7 heteroatoms. The van der Waals surface area contributed by atoms with Crippen LogP contribution < -0.4 is 5.32 Å². The van der Waals surface area contributed by atoms with E-state index in [1.165, 1.54) is 6.08 Å². The van der Waals surface area contributed by atoms with Crippen molar-refractivity contribution in [2.45, 2.75) is 12.5 Å². The summed E-state index contributed by atoms with van der Waals surface area (Å²) in [4.78, 5) is 22.5. The minimum absolute atomic E-state index is 0.00207. The van der Waals surface area contributed by atoms with Crippen LogP contribution in [0.5, 0.6) is 0 Å². The summed E-state index contributed by atoms with van der Waals surface area (Å²) < 4.78 is 4.67. The molecule has 0 radical (unpaired) electrons. The fourth-order valence-electron chi connectivity index (χ4n) is 1.44. The zero-order valence-corrected chi connectivity index (χ0v) is 11.9. The normalized spacial score (nSPS) is 11.5. The number of nitrogens with one attached hydrogen (secondary N) is 1. The molecule has 1 rings (SSSR count). The first-order valence-electron chi connectivity index (χ1n) is 5.65. The van der Waals surface area contributed by atoms with Crippen LogP contribution in [0.25, 0.3) is 0 Å². The van der Waals surface area contributed by atoms with Gasteiger partial charge in [0.25, 0.3) is 0 Å². The van der Waals surface area contributed by atoms with Crippen LogP contribution in [-0.4, -0.2) is 29.8 Å². The summed E-state index contributed by atoms with van der Waals surface area (Å²) in [5, 5.41) is 12.1. The van der Waals surface area contributed by atoms with Gasteiger partial charge in [-0.2, -0.15) is 0 Å². The number of carbonyl (C=O) groups is 2. The largest absolute Gasteiger partial charge is 0.480 e. The van der Waals surface area contributed by atoms with Crippen LogP contribution in [0.2, 0.25) is 10.0 Å². The van der Waals surface area contributed by atoms with Gasteiger partial charge < -0.3 is 15.2 Å². The van der Waals surface area contributed by atoms with Gasteiger partial charge in [-0.05, 0) is 23.8 Å². The van der Waals surface area contributed by atoms with Gasteiger partial charge >= 0.3 is 12.1 Å². The van der Waals surface area contributed by atoms with Crippen LogP contribution in [0, 0.1) is 0 Å². The number of carboxylic acid groups (broad SMARTS) is 1. The average Bonchev–Trinajstić information content (AvgIpc) is 2.39. The van der Waals surface area contributed by atoms with E-state index in [0.29, 0.717) is 15.6 Å². The summed E-state index contributed by atoms with van der Waals surface area (Å²) in [5.74, 6) is -1.20. The minimum atomic E-state index is -1.20. The van der Waals surface area contributed by atoms with Crippen LogP contribution in [0.1, 0.15) is 5.56 Å². The summed E-state index contributed by atoms with van der Waals surface area (Å²) in [6.45, 7) is 3.38. The zero-order valence-electron chi connectivity index (χ0n) is 10.4. The van der Waals surface area contributed by atoms with E-state index < -0.39 is 18.1 Å². The Morgan fingerprint density at radius 3 is 2.75 bits per heavy atom. The molecule has 1 aromatic carbocycles. The second-order valence-corrected chi connectivity index (χ2v) is 4.71. The van der Waals surface area contributed by atoms with E-state index in [-0.39, 0.29) is 13.0 Å². The molecule has 0 unspecified atom stereocenters. The smallest absolute Gasteiger partial charge is 0.408 e. The first kappa shape index (κ1) is 16.3. The first-order chi connectivity index (χ1) is 9.43. The molecule has 0 fully saturated rings. The van der Waals surface area contributed by atoms with Crippen molar-refractivity contribution < 1.29 is 19.4 Å². The van der Waals surface area contributed by atoms with Gasteiger partial charge in [-0.15, -0.1) is 0 Å². The Morgan fingerprint density at radius 2 is 2.15 bits per heavy atom. The summed E-state index contributed by atoms with van der Waals surface area (Å²) in [6.07, 6.45) is 0.539. The van der Waals surface area contributed by atoms with Gasteiger partial charge in [0.15, 0.2) is 0 Å². The molecular weight excluding hydrogens is 305 g/mol. The zero-order chi connectivity index (χ0) is 15.1. The number of amides is 1. The summed E-state index contributed by atoms with van der Waals surface area (Å²) in [7, 11) is 0. The van der Waals surface area contributed by atoms with Crippen LogP contribution >= 0.6 is 23.2 Å². The molecule has 1 aromatic rings. The third-order valence-corrected chi connectivity index (χ3v) is 2.96. The fraction of sp³-hybridized carbons (Fsp3) is 0.231. The predicted octanol–water partition coefficient (Wildman–Crippen LogP) is 2.90. The van der Waals surface area contributed by atoms with Crippen LogP contribution in [0.3, 0.4) is 0 Å². The third-order valence-electron chi connectivity index (χ3n) is 2.35. The maximum absolute atomic E-state index is 11.4. The van der Waals surface area contributed by atoms with Crippen LogP contribution in [0.15, 0.2) is 30.9 Å². The fourth-order valence-corrected chi connectivity index (χ4v) is 1.83. The predicted molar refractivity (Wildman–Crippen MR) is 76.3 cm³/mol. The van der Waals surface area contributed by atoms with Gasteiger partial charge in [-0.25, -0.2) is 9.59 Å². The number of hydrogen-bond acceptors (Lipinski definition) is 3. The van der Waals surface area contributed by atoms with Crippen molar-refractivity contribution in [2.24, 2.45) is 0 Å². The van der Waals surface area contributed by atoms with Crippen molar-refractivity contribution in [2.75, 3.05) is 6.61 Å². The Hall–Kier alpha value is -1.72. The quantitative estimate of drug-likeness (QED) is 0.791. The molecule has 0 aliphatic carbocycles. The average molecular weight is 318 g/mol. The number of rotatable bonds is 6. The van der Waals surface area contributed by atoms with Crippen molar-refractivity contribution in [3.05, 3.63) is 46.5 Å². The van der Waals surface area contributed by atoms with Gasteiger partial charge in [0, 0.05) is 16.5 Å². The lowest BCUT2D eigenvalue weighted by Crippen LogP contribution is -2.42. The van der Waals surface area contributed by atoms with E-state index in [9.17, 15) is 9.59 Å². The number of carboxylic acids is 1. The molecule has 0 aliphatic heterocycles. The minimum Gasteiger partial charge on any atom is -0.480 e. The maximum Gasteiger partial charge on any atom is 0.408 e. The molecule has 5 nitrogen and oxygen atoms in total. The summed E-state index contributed by atoms with van der Waals surface area (Å²) in [6, 6.07) is 3.54. The van der Waals surface area contributed by atoms with E-state index in [1.54, 1.807) is 18.2 Å². The lowest BCUT2D eigenvalue weighted by atomic mass is 10.1. The Morgan fingerprint density at radius 1 is 1.45 bits per heavy atom. The molecule has 1 atom stereocenters. The Kier molecular flexibility index (Phi) is 6.35. The number of ether oxygens (including phenoxy) is 1. The van der Waals surface area contributed by atoms with Gasteiger partial charge in [0.05, 0.1) is 0 Å². The second kappa shape index (κ2) is 7.77. The molecular formula is C13H13Cl2NO4. The lowest BCUT2D eigenvalue weighted by molar-refractivity contribution is -0.139. The van der Waals surface area contributed by atoms with E-state index in [2.05, 4.69) is 16.6 Å². The maximum atomic E-state index is 11.4. The van der Waals surface area contributed by atoms with E-state index in [1.807, 2.05) is 0 Å². The van der Waals surface area contributed by atoms with E-state index in [4.69, 9.17) is 28.3 Å². The molecule has 0 aromatic heterocycles. The highest BCUT2D eigenvalue weighted by Gasteiger charge is 2.22. The molecule has 2 N–H and O–H groups in total. The Balaban J connectivity index is 2.77. The van der Waals surface area contributed by atoms with Gasteiger partial charge in [0.2, 0.25) is 0 Å². The molecule has 0 bridgehead atoms. The highest BCUT2D eigenvalue weighted by atomic mass is 35.5. The second-order valence-electron chi connectivity index (χ2n) is 3.86. The summed E-state index contributed by atoms with van der Waals surface area (Å²) in [5.41, 5.74) is 0.524. The molecule has 0 heterocycles. The van der Waals surface area contributed by atoms with Gasteiger partial charge in [-0.3, -0.25) is 0 Å². The Labute approximate surface area is 126 Å². The van der Waals surface area contributed by atoms with Crippen molar-refractivity contribution in [3.8, 4) is 0 Å². The summed E-state index contributed by atoms with van der Waals surface area (Å²) >= 11 is 11.8. The van der Waals surface area contributed by atoms with Gasteiger partial charge in [-0.1, -0.05) is 35.9 Å². The number of alkyl carbamates (subject to hydrolysis) is 1.